The topological polar surface area (TPSA) is 88.3 Å². The van der Waals surface area contributed by atoms with Gasteiger partial charge in [0.1, 0.15) is 0 Å². The lowest BCUT2D eigenvalue weighted by Crippen LogP contribution is -2.46. The van der Waals surface area contributed by atoms with Crippen molar-refractivity contribution >= 4 is 39.1 Å². The summed E-state index contributed by atoms with van der Waals surface area (Å²) in [5.41, 5.74) is 7.39. The summed E-state index contributed by atoms with van der Waals surface area (Å²) in [6.45, 7) is 3.67. The van der Waals surface area contributed by atoms with Crippen LogP contribution >= 0.6 is 11.3 Å². The minimum atomic E-state index is -0.481. The molecule has 2 aromatic carbocycles. The van der Waals surface area contributed by atoms with E-state index in [4.69, 9.17) is 10.7 Å². The molecular weight excluding hydrogens is 384 g/mol. The maximum atomic E-state index is 12.8. The Bertz CT molecular complexity index is 998. The third-order valence-electron chi connectivity index (χ3n) is 5.48. The Hall–Kier alpha value is -2.77. The van der Waals surface area contributed by atoms with Gasteiger partial charge in [-0.15, -0.1) is 11.3 Å². The Morgan fingerprint density at radius 2 is 1.97 bits per heavy atom. The average molecular weight is 409 g/mol. The third kappa shape index (κ3) is 4.31. The zero-order valence-electron chi connectivity index (χ0n) is 16.3. The molecule has 1 aromatic heterocycles. The van der Waals surface area contributed by atoms with Gasteiger partial charge in [0.05, 0.1) is 21.3 Å². The van der Waals surface area contributed by atoms with Gasteiger partial charge in [-0.25, -0.2) is 4.98 Å². The molecule has 0 saturated carbocycles. The van der Waals surface area contributed by atoms with Crippen LogP contribution in [0.4, 0.5) is 5.69 Å². The predicted octanol–water partition coefficient (Wildman–Crippen LogP) is 3.60. The van der Waals surface area contributed by atoms with E-state index < -0.39 is 5.91 Å². The van der Waals surface area contributed by atoms with Crippen molar-refractivity contribution in [3.63, 3.8) is 0 Å². The average Bonchev–Trinajstić information content (AvgIpc) is 3.18. The monoisotopic (exact) mass is 408 g/mol. The molecule has 0 bridgehead atoms. The van der Waals surface area contributed by atoms with Gasteiger partial charge in [0.25, 0.3) is 0 Å². The van der Waals surface area contributed by atoms with Crippen molar-refractivity contribution in [3.05, 3.63) is 59.1 Å². The summed E-state index contributed by atoms with van der Waals surface area (Å²) in [6.07, 6.45) is 2.14. The number of nitrogens with zero attached hydrogens (tertiary/aromatic N) is 2. The van der Waals surface area contributed by atoms with E-state index in [0.717, 1.165) is 36.5 Å². The Morgan fingerprint density at radius 3 is 2.69 bits per heavy atom. The largest absolute Gasteiger partial charge is 0.366 e. The van der Waals surface area contributed by atoms with Gasteiger partial charge in [-0.3, -0.25) is 14.5 Å². The summed E-state index contributed by atoms with van der Waals surface area (Å²) < 4.78 is 1.21. The molecule has 2 heterocycles. The standard InChI is InChI=1S/C22H24N4O2S/c1-14(21(28)24-17-10-8-15(9-11-17)20(23)27)26-12-4-5-16(13-26)22-25-18-6-2-3-7-19(18)29-22/h2-3,6-11,14,16H,4-5,12-13H2,1H3,(H2,23,27)(H,24,28)/t14-,16+/m1/s1. The number of para-hydroxylation sites is 1. The SMILES string of the molecule is C[C@H](C(=O)Nc1ccc(C(N)=O)cc1)N1CCC[C@H](c2nc3ccccc3s2)C1. The number of primary amides is 1. The van der Waals surface area contributed by atoms with E-state index in [2.05, 4.69) is 22.3 Å². The number of fused-ring (bicyclic) bond motifs is 1. The highest BCUT2D eigenvalue weighted by atomic mass is 32.1. The first-order chi connectivity index (χ1) is 14.0. The molecule has 4 rings (SSSR count). The second-order valence-electron chi connectivity index (χ2n) is 7.46. The number of piperidine rings is 1. The van der Waals surface area contributed by atoms with E-state index in [-0.39, 0.29) is 11.9 Å². The highest BCUT2D eigenvalue weighted by molar-refractivity contribution is 7.18. The molecule has 2 atom stereocenters. The molecule has 1 aliphatic rings. The molecular formula is C22H24N4O2S. The zero-order valence-corrected chi connectivity index (χ0v) is 17.1. The fraction of sp³-hybridized carbons (Fsp3) is 0.318. The van der Waals surface area contributed by atoms with E-state index in [1.165, 1.54) is 4.70 Å². The highest BCUT2D eigenvalue weighted by Gasteiger charge is 2.29. The van der Waals surface area contributed by atoms with E-state index in [1.54, 1.807) is 35.6 Å². The molecule has 1 saturated heterocycles. The minimum absolute atomic E-state index is 0.0539. The van der Waals surface area contributed by atoms with Crippen LogP contribution in [0.25, 0.3) is 10.2 Å². The third-order valence-corrected chi connectivity index (χ3v) is 6.68. The number of hydrogen-bond donors (Lipinski definition) is 2. The number of nitrogens with one attached hydrogen (secondary N) is 1. The highest BCUT2D eigenvalue weighted by Crippen LogP contribution is 2.33. The number of nitrogens with two attached hydrogens (primary N) is 1. The number of aromatic nitrogens is 1. The molecule has 2 amide bonds. The van der Waals surface area contributed by atoms with Gasteiger partial charge in [0.2, 0.25) is 11.8 Å². The number of thiazole rings is 1. The summed E-state index contributed by atoms with van der Waals surface area (Å²) in [4.78, 5) is 31.0. The molecule has 6 nitrogen and oxygen atoms in total. The molecule has 3 aromatic rings. The van der Waals surface area contributed by atoms with Crippen LogP contribution < -0.4 is 11.1 Å². The predicted molar refractivity (Wildman–Crippen MR) is 116 cm³/mol. The van der Waals surface area contributed by atoms with Crippen molar-refractivity contribution in [3.8, 4) is 0 Å². The first-order valence-electron chi connectivity index (χ1n) is 9.81. The number of amides is 2. The number of benzene rings is 2. The lowest BCUT2D eigenvalue weighted by atomic mass is 9.97. The van der Waals surface area contributed by atoms with Gasteiger partial charge in [-0.2, -0.15) is 0 Å². The van der Waals surface area contributed by atoms with Crippen molar-refractivity contribution in [1.29, 1.82) is 0 Å². The Labute approximate surface area is 173 Å². The Kier molecular flexibility index (Phi) is 5.60. The van der Waals surface area contributed by atoms with Crippen molar-refractivity contribution in [1.82, 2.24) is 9.88 Å². The molecule has 150 valence electrons. The van der Waals surface area contributed by atoms with Crippen LogP contribution in [-0.2, 0) is 4.79 Å². The summed E-state index contributed by atoms with van der Waals surface area (Å²) in [6, 6.07) is 14.6. The van der Waals surface area contributed by atoms with Crippen LogP contribution in [0.15, 0.2) is 48.5 Å². The van der Waals surface area contributed by atoms with Gasteiger partial charge in [-0.1, -0.05) is 12.1 Å². The fourth-order valence-corrected chi connectivity index (χ4v) is 4.85. The molecule has 0 radical (unpaired) electrons. The second kappa shape index (κ2) is 8.31. The van der Waals surface area contributed by atoms with Crippen molar-refractivity contribution < 1.29 is 9.59 Å². The van der Waals surface area contributed by atoms with Gasteiger partial charge in [0.15, 0.2) is 0 Å². The van der Waals surface area contributed by atoms with E-state index >= 15 is 0 Å². The molecule has 29 heavy (non-hydrogen) atoms. The van der Waals surface area contributed by atoms with Gasteiger partial charge in [0, 0.05) is 23.7 Å². The molecule has 3 N–H and O–H groups in total. The number of anilines is 1. The number of carbonyl (C=O) groups excluding carboxylic acids is 2. The van der Waals surface area contributed by atoms with Crippen molar-refractivity contribution in [2.45, 2.75) is 31.7 Å². The van der Waals surface area contributed by atoms with E-state index in [9.17, 15) is 9.59 Å². The molecule has 7 heteroatoms. The van der Waals surface area contributed by atoms with Crippen LogP contribution in [0.5, 0.6) is 0 Å². The maximum Gasteiger partial charge on any atom is 0.248 e. The zero-order chi connectivity index (χ0) is 20.4. The van der Waals surface area contributed by atoms with E-state index in [1.807, 2.05) is 19.1 Å². The first kappa shape index (κ1) is 19.5. The van der Waals surface area contributed by atoms with Crippen LogP contribution in [0, 0.1) is 0 Å². The van der Waals surface area contributed by atoms with E-state index in [0.29, 0.717) is 17.2 Å². The molecule has 1 fully saturated rings. The smallest absolute Gasteiger partial charge is 0.248 e. The number of carbonyl (C=O) groups is 2. The van der Waals surface area contributed by atoms with Crippen LogP contribution in [-0.4, -0.2) is 40.8 Å². The number of rotatable bonds is 5. The summed E-state index contributed by atoms with van der Waals surface area (Å²) >= 11 is 1.76. The van der Waals surface area contributed by atoms with Crippen molar-refractivity contribution in [2.24, 2.45) is 5.73 Å². The lowest BCUT2D eigenvalue weighted by molar-refractivity contribution is -0.121. The molecule has 0 unspecified atom stereocenters. The van der Waals surface area contributed by atoms with Gasteiger partial charge in [-0.05, 0) is 62.7 Å². The number of likely N-dealkylation sites (tertiary alicyclic amines) is 1. The molecule has 0 spiro atoms. The first-order valence-corrected chi connectivity index (χ1v) is 10.6. The van der Waals surface area contributed by atoms with Gasteiger partial charge >= 0.3 is 0 Å². The summed E-state index contributed by atoms with van der Waals surface area (Å²) in [5.74, 6) is -0.182. The lowest BCUT2D eigenvalue weighted by Gasteiger charge is -2.35. The van der Waals surface area contributed by atoms with Gasteiger partial charge < -0.3 is 11.1 Å². The summed E-state index contributed by atoms with van der Waals surface area (Å²) in [5, 5.41) is 4.09. The Balaban J connectivity index is 1.41. The van der Waals surface area contributed by atoms with Crippen LogP contribution in [0.3, 0.4) is 0 Å². The molecule has 0 aliphatic carbocycles. The Morgan fingerprint density at radius 1 is 1.21 bits per heavy atom. The fourth-order valence-electron chi connectivity index (χ4n) is 3.75. The minimum Gasteiger partial charge on any atom is -0.366 e. The number of hydrogen-bond acceptors (Lipinski definition) is 5. The summed E-state index contributed by atoms with van der Waals surface area (Å²) in [7, 11) is 0. The normalized spacial score (nSPS) is 18.4. The second-order valence-corrected chi connectivity index (χ2v) is 8.52. The van der Waals surface area contributed by atoms with Crippen LogP contribution in [0.2, 0.25) is 0 Å². The van der Waals surface area contributed by atoms with Crippen LogP contribution in [0.1, 0.15) is 41.0 Å². The maximum absolute atomic E-state index is 12.8. The molecule has 1 aliphatic heterocycles. The van der Waals surface area contributed by atoms with Crippen molar-refractivity contribution in [2.75, 3.05) is 18.4 Å². The quantitative estimate of drug-likeness (QED) is 0.675.